The van der Waals surface area contributed by atoms with Gasteiger partial charge in [-0.1, -0.05) is 30.3 Å². The fourth-order valence-corrected chi connectivity index (χ4v) is 2.53. The number of guanidine groups is 1. The second-order valence-corrected chi connectivity index (χ2v) is 5.67. The van der Waals surface area contributed by atoms with Crippen molar-refractivity contribution < 1.29 is 0 Å². The molecule has 1 heterocycles. The summed E-state index contributed by atoms with van der Waals surface area (Å²) in [6.45, 7) is 6.80. The Morgan fingerprint density at radius 1 is 1.13 bits per heavy atom. The Labute approximate surface area is 138 Å². The van der Waals surface area contributed by atoms with Gasteiger partial charge < -0.3 is 10.6 Å². The van der Waals surface area contributed by atoms with Crippen LogP contribution >= 0.6 is 0 Å². The first-order valence-corrected chi connectivity index (χ1v) is 8.18. The van der Waals surface area contributed by atoms with Crippen LogP contribution in [0.1, 0.15) is 23.4 Å². The second-order valence-electron chi connectivity index (χ2n) is 5.67. The van der Waals surface area contributed by atoms with Crippen LogP contribution in [-0.4, -0.2) is 35.9 Å². The molecule has 2 N–H and O–H groups in total. The quantitative estimate of drug-likeness (QED) is 0.468. The van der Waals surface area contributed by atoms with E-state index in [9.17, 15) is 0 Å². The van der Waals surface area contributed by atoms with E-state index >= 15 is 0 Å². The van der Waals surface area contributed by atoms with Crippen molar-refractivity contribution in [3.8, 4) is 0 Å². The van der Waals surface area contributed by atoms with Crippen LogP contribution in [0, 0.1) is 13.8 Å². The number of aliphatic imine (C=N–C) groups is 1. The van der Waals surface area contributed by atoms with E-state index in [-0.39, 0.29) is 0 Å². The molecule has 1 aromatic heterocycles. The molecule has 2 rings (SSSR count). The SMILES string of the molecule is CN=C(NCCCn1nc(C)cc1C)NCCc1ccccc1. The summed E-state index contributed by atoms with van der Waals surface area (Å²) in [4.78, 5) is 4.26. The molecule has 23 heavy (non-hydrogen) atoms. The minimum atomic E-state index is 0.856. The van der Waals surface area contributed by atoms with Crippen LogP contribution in [0.15, 0.2) is 41.4 Å². The molecule has 0 amide bonds. The summed E-state index contributed by atoms with van der Waals surface area (Å²) in [5.41, 5.74) is 3.63. The number of aromatic nitrogens is 2. The van der Waals surface area contributed by atoms with E-state index < -0.39 is 0 Å². The molecule has 0 saturated heterocycles. The van der Waals surface area contributed by atoms with Gasteiger partial charge >= 0.3 is 0 Å². The zero-order valence-electron chi connectivity index (χ0n) is 14.3. The second kappa shape index (κ2) is 8.98. The highest BCUT2D eigenvalue weighted by atomic mass is 15.3. The molecule has 5 nitrogen and oxygen atoms in total. The van der Waals surface area contributed by atoms with E-state index in [1.54, 1.807) is 7.05 Å². The van der Waals surface area contributed by atoms with Gasteiger partial charge in [-0.25, -0.2) is 0 Å². The number of nitrogens with zero attached hydrogens (tertiary/aromatic N) is 3. The average Bonchev–Trinajstić information content (AvgIpc) is 2.88. The largest absolute Gasteiger partial charge is 0.356 e. The van der Waals surface area contributed by atoms with Gasteiger partial charge in [0.15, 0.2) is 5.96 Å². The van der Waals surface area contributed by atoms with Crippen molar-refractivity contribution >= 4 is 5.96 Å². The summed E-state index contributed by atoms with van der Waals surface area (Å²) in [6, 6.07) is 12.6. The number of hydrogen-bond donors (Lipinski definition) is 2. The molecule has 0 aliphatic rings. The first-order chi connectivity index (χ1) is 11.2. The van der Waals surface area contributed by atoms with Crippen molar-refractivity contribution in [1.29, 1.82) is 0 Å². The third kappa shape index (κ3) is 5.77. The first-order valence-electron chi connectivity index (χ1n) is 8.18. The number of hydrogen-bond acceptors (Lipinski definition) is 2. The van der Waals surface area contributed by atoms with Gasteiger partial charge in [0.2, 0.25) is 0 Å². The highest BCUT2D eigenvalue weighted by Gasteiger charge is 2.01. The molecule has 0 fully saturated rings. The number of rotatable bonds is 7. The number of benzene rings is 1. The van der Waals surface area contributed by atoms with Gasteiger partial charge in [-0.15, -0.1) is 0 Å². The van der Waals surface area contributed by atoms with E-state index in [1.165, 1.54) is 11.3 Å². The minimum absolute atomic E-state index is 0.856. The molecule has 0 bridgehead atoms. The molecule has 2 aromatic rings. The van der Waals surface area contributed by atoms with Gasteiger partial charge in [-0.3, -0.25) is 9.67 Å². The van der Waals surface area contributed by atoms with Crippen LogP contribution in [-0.2, 0) is 13.0 Å². The third-order valence-corrected chi connectivity index (χ3v) is 3.72. The standard InChI is InChI=1S/C18H27N5/c1-15-14-16(2)23(22-15)13-7-11-20-18(19-3)21-12-10-17-8-5-4-6-9-17/h4-6,8-9,14H,7,10-13H2,1-3H3,(H2,19,20,21). The molecule has 0 aliphatic heterocycles. The molecular weight excluding hydrogens is 286 g/mol. The molecule has 0 spiro atoms. The Kier molecular flexibility index (Phi) is 6.66. The highest BCUT2D eigenvalue weighted by molar-refractivity contribution is 5.79. The molecule has 124 valence electrons. The van der Waals surface area contributed by atoms with E-state index in [0.717, 1.165) is 44.1 Å². The molecule has 0 atom stereocenters. The van der Waals surface area contributed by atoms with Crippen LogP contribution in [0.25, 0.3) is 0 Å². The lowest BCUT2D eigenvalue weighted by atomic mass is 10.1. The molecule has 0 saturated carbocycles. The summed E-state index contributed by atoms with van der Waals surface area (Å²) in [6.07, 6.45) is 2.01. The molecular formula is C18H27N5. The van der Waals surface area contributed by atoms with Gasteiger partial charge in [-0.05, 0) is 38.3 Å². The Balaban J connectivity index is 1.64. The van der Waals surface area contributed by atoms with Gasteiger partial charge in [0, 0.05) is 32.4 Å². The molecule has 1 aromatic carbocycles. The van der Waals surface area contributed by atoms with Crippen LogP contribution in [0.2, 0.25) is 0 Å². The zero-order chi connectivity index (χ0) is 16.5. The van der Waals surface area contributed by atoms with E-state index in [4.69, 9.17) is 0 Å². The average molecular weight is 313 g/mol. The number of nitrogens with one attached hydrogen (secondary N) is 2. The van der Waals surface area contributed by atoms with E-state index in [2.05, 4.69) is 62.7 Å². The van der Waals surface area contributed by atoms with E-state index in [0.29, 0.717) is 0 Å². The van der Waals surface area contributed by atoms with Gasteiger partial charge in [0.05, 0.1) is 5.69 Å². The number of aryl methyl sites for hydroxylation is 3. The van der Waals surface area contributed by atoms with Crippen LogP contribution in [0.4, 0.5) is 0 Å². The normalized spacial score (nSPS) is 11.5. The smallest absolute Gasteiger partial charge is 0.190 e. The Hall–Kier alpha value is -2.30. The molecule has 0 aliphatic carbocycles. The maximum Gasteiger partial charge on any atom is 0.190 e. The van der Waals surface area contributed by atoms with Gasteiger partial charge in [-0.2, -0.15) is 5.10 Å². The summed E-state index contributed by atoms with van der Waals surface area (Å²) in [5, 5.41) is 11.2. The predicted molar refractivity (Wildman–Crippen MR) is 95.8 cm³/mol. The predicted octanol–water partition coefficient (Wildman–Crippen LogP) is 2.30. The lowest BCUT2D eigenvalue weighted by Gasteiger charge is -2.12. The summed E-state index contributed by atoms with van der Waals surface area (Å²) < 4.78 is 2.06. The first kappa shape index (κ1) is 17.1. The Morgan fingerprint density at radius 3 is 2.52 bits per heavy atom. The fourth-order valence-electron chi connectivity index (χ4n) is 2.53. The lowest BCUT2D eigenvalue weighted by Crippen LogP contribution is -2.39. The maximum atomic E-state index is 4.47. The topological polar surface area (TPSA) is 54.2 Å². The lowest BCUT2D eigenvalue weighted by molar-refractivity contribution is 0.555. The van der Waals surface area contributed by atoms with Crippen molar-refractivity contribution in [1.82, 2.24) is 20.4 Å². The van der Waals surface area contributed by atoms with Gasteiger partial charge in [0.1, 0.15) is 0 Å². The van der Waals surface area contributed by atoms with E-state index in [1.807, 2.05) is 13.0 Å². The summed E-state index contributed by atoms with van der Waals surface area (Å²) in [5.74, 6) is 0.856. The van der Waals surface area contributed by atoms with Crippen molar-refractivity contribution in [3.05, 3.63) is 53.3 Å². The van der Waals surface area contributed by atoms with Crippen LogP contribution in [0.3, 0.4) is 0 Å². The maximum absolute atomic E-state index is 4.47. The Morgan fingerprint density at radius 2 is 1.87 bits per heavy atom. The fraction of sp³-hybridized carbons (Fsp3) is 0.444. The van der Waals surface area contributed by atoms with Gasteiger partial charge in [0.25, 0.3) is 0 Å². The van der Waals surface area contributed by atoms with Crippen molar-refractivity contribution in [2.45, 2.75) is 33.2 Å². The highest BCUT2D eigenvalue weighted by Crippen LogP contribution is 2.02. The molecule has 0 unspecified atom stereocenters. The van der Waals surface area contributed by atoms with Crippen molar-refractivity contribution in [2.24, 2.45) is 4.99 Å². The minimum Gasteiger partial charge on any atom is -0.356 e. The summed E-state index contributed by atoms with van der Waals surface area (Å²) in [7, 11) is 1.80. The van der Waals surface area contributed by atoms with Crippen molar-refractivity contribution in [2.75, 3.05) is 20.1 Å². The van der Waals surface area contributed by atoms with Crippen molar-refractivity contribution in [3.63, 3.8) is 0 Å². The molecule has 5 heteroatoms. The van der Waals surface area contributed by atoms with Crippen LogP contribution < -0.4 is 10.6 Å². The monoisotopic (exact) mass is 313 g/mol. The summed E-state index contributed by atoms with van der Waals surface area (Å²) >= 11 is 0. The molecule has 0 radical (unpaired) electrons. The Bertz CT molecular complexity index is 616. The zero-order valence-corrected chi connectivity index (χ0v) is 14.3. The third-order valence-electron chi connectivity index (χ3n) is 3.72. The van der Waals surface area contributed by atoms with Crippen LogP contribution in [0.5, 0.6) is 0 Å².